The SMILES string of the molecule is c1ccc(-c2ccc(N(c3ccccc3)c3ccc(-c4cc5oc6cccc(-c7cccc(-c8ccccc8)n7)c6c5c5ccccc45)cc3)cc2)cc1. The summed E-state index contributed by atoms with van der Waals surface area (Å²) in [7, 11) is 0. The molecule has 0 unspecified atom stereocenters. The van der Waals surface area contributed by atoms with Crippen molar-refractivity contribution in [3.8, 4) is 44.8 Å². The summed E-state index contributed by atoms with van der Waals surface area (Å²) in [4.78, 5) is 7.44. The monoisotopic (exact) mass is 690 g/mol. The van der Waals surface area contributed by atoms with Gasteiger partial charge in [-0.3, -0.25) is 0 Å². The zero-order valence-corrected chi connectivity index (χ0v) is 29.4. The van der Waals surface area contributed by atoms with Gasteiger partial charge >= 0.3 is 0 Å². The van der Waals surface area contributed by atoms with E-state index in [0.29, 0.717) is 0 Å². The average Bonchev–Trinajstić information content (AvgIpc) is 3.64. The van der Waals surface area contributed by atoms with Crippen LogP contribution in [-0.2, 0) is 0 Å². The second kappa shape index (κ2) is 13.4. The molecular formula is C51H34N2O. The fraction of sp³-hybridized carbons (Fsp3) is 0. The summed E-state index contributed by atoms with van der Waals surface area (Å²) in [5.74, 6) is 0. The fourth-order valence-electron chi connectivity index (χ4n) is 7.74. The van der Waals surface area contributed by atoms with Crippen molar-refractivity contribution >= 4 is 49.8 Å². The van der Waals surface area contributed by atoms with Crippen molar-refractivity contribution in [1.29, 1.82) is 0 Å². The van der Waals surface area contributed by atoms with E-state index in [0.717, 1.165) is 78.0 Å². The van der Waals surface area contributed by atoms with Gasteiger partial charge in [0.2, 0.25) is 0 Å². The summed E-state index contributed by atoms with van der Waals surface area (Å²) < 4.78 is 6.68. The molecule has 10 aromatic rings. The van der Waals surface area contributed by atoms with Crippen molar-refractivity contribution in [2.45, 2.75) is 0 Å². The van der Waals surface area contributed by atoms with E-state index in [1.54, 1.807) is 0 Å². The quantitative estimate of drug-likeness (QED) is 0.167. The maximum absolute atomic E-state index is 6.68. The van der Waals surface area contributed by atoms with Gasteiger partial charge < -0.3 is 9.32 Å². The van der Waals surface area contributed by atoms with Gasteiger partial charge in [-0.05, 0) is 93.7 Å². The number of nitrogens with zero attached hydrogens (tertiary/aromatic N) is 2. The molecule has 8 aromatic carbocycles. The normalized spacial score (nSPS) is 11.3. The van der Waals surface area contributed by atoms with Gasteiger partial charge in [-0.25, -0.2) is 4.98 Å². The van der Waals surface area contributed by atoms with E-state index in [4.69, 9.17) is 9.40 Å². The maximum atomic E-state index is 6.68. The number of anilines is 3. The van der Waals surface area contributed by atoms with Crippen molar-refractivity contribution in [3.63, 3.8) is 0 Å². The van der Waals surface area contributed by atoms with Crippen LogP contribution in [0.2, 0.25) is 0 Å². The molecule has 0 amide bonds. The zero-order chi connectivity index (χ0) is 35.8. The minimum absolute atomic E-state index is 0.851. The van der Waals surface area contributed by atoms with Crippen molar-refractivity contribution in [3.05, 3.63) is 206 Å². The molecule has 0 atom stereocenters. The molecule has 0 aliphatic heterocycles. The van der Waals surface area contributed by atoms with E-state index in [1.807, 2.05) is 6.07 Å². The summed E-state index contributed by atoms with van der Waals surface area (Å²) in [6.07, 6.45) is 0. The van der Waals surface area contributed by atoms with Crippen molar-refractivity contribution in [2.75, 3.05) is 4.90 Å². The lowest BCUT2D eigenvalue weighted by molar-refractivity contribution is 0.669. The Labute approximate surface area is 314 Å². The van der Waals surface area contributed by atoms with Crippen molar-refractivity contribution in [2.24, 2.45) is 0 Å². The zero-order valence-electron chi connectivity index (χ0n) is 29.4. The third-order valence-corrected chi connectivity index (χ3v) is 10.3. The van der Waals surface area contributed by atoms with Crippen molar-refractivity contribution < 1.29 is 4.42 Å². The van der Waals surface area contributed by atoms with Gasteiger partial charge in [0.05, 0.1) is 11.4 Å². The molecule has 254 valence electrons. The van der Waals surface area contributed by atoms with E-state index >= 15 is 0 Å². The largest absolute Gasteiger partial charge is 0.456 e. The van der Waals surface area contributed by atoms with Gasteiger partial charge in [0.25, 0.3) is 0 Å². The summed E-state index contributed by atoms with van der Waals surface area (Å²) in [5.41, 5.74) is 13.7. The molecule has 0 bridgehead atoms. The Morgan fingerprint density at radius 3 is 1.57 bits per heavy atom. The van der Waals surface area contributed by atoms with Crippen LogP contribution in [0.4, 0.5) is 17.1 Å². The minimum atomic E-state index is 0.851. The molecule has 0 aliphatic carbocycles. The molecule has 0 saturated heterocycles. The van der Waals surface area contributed by atoms with Crippen molar-refractivity contribution in [1.82, 2.24) is 4.98 Å². The van der Waals surface area contributed by atoms with E-state index in [1.165, 1.54) is 16.5 Å². The molecule has 2 aromatic heterocycles. The number of para-hydroxylation sites is 1. The molecule has 10 rings (SSSR count). The Hall–Kier alpha value is -7.23. The van der Waals surface area contributed by atoms with Crippen LogP contribution in [0.25, 0.3) is 77.5 Å². The summed E-state index contributed by atoms with van der Waals surface area (Å²) in [6, 6.07) is 72.5. The van der Waals surface area contributed by atoms with Crippen LogP contribution in [0, 0.1) is 0 Å². The van der Waals surface area contributed by atoms with E-state index < -0.39 is 0 Å². The first-order chi connectivity index (χ1) is 26.8. The smallest absolute Gasteiger partial charge is 0.136 e. The Morgan fingerprint density at radius 2 is 0.870 bits per heavy atom. The first-order valence-corrected chi connectivity index (χ1v) is 18.3. The second-order valence-electron chi connectivity index (χ2n) is 13.5. The molecule has 3 nitrogen and oxygen atoms in total. The van der Waals surface area contributed by atoms with Crippen LogP contribution in [-0.4, -0.2) is 4.98 Å². The molecule has 0 saturated carbocycles. The minimum Gasteiger partial charge on any atom is -0.456 e. The van der Waals surface area contributed by atoms with Crippen LogP contribution in [0.1, 0.15) is 0 Å². The summed E-state index contributed by atoms with van der Waals surface area (Å²) in [5, 5.41) is 4.53. The summed E-state index contributed by atoms with van der Waals surface area (Å²) >= 11 is 0. The number of furan rings is 1. The topological polar surface area (TPSA) is 29.3 Å². The maximum Gasteiger partial charge on any atom is 0.136 e. The molecule has 0 spiro atoms. The summed E-state index contributed by atoms with van der Waals surface area (Å²) in [6.45, 7) is 0. The molecule has 3 heteroatoms. The lowest BCUT2D eigenvalue weighted by atomic mass is 9.93. The third-order valence-electron chi connectivity index (χ3n) is 10.3. The predicted molar refractivity (Wildman–Crippen MR) is 225 cm³/mol. The van der Waals surface area contributed by atoms with Crippen LogP contribution in [0.3, 0.4) is 0 Å². The Bertz CT molecular complexity index is 2900. The highest BCUT2D eigenvalue weighted by atomic mass is 16.3. The van der Waals surface area contributed by atoms with E-state index in [2.05, 4.69) is 205 Å². The molecule has 54 heavy (non-hydrogen) atoms. The van der Waals surface area contributed by atoms with Gasteiger partial charge in [0, 0.05) is 39.0 Å². The number of hydrogen-bond donors (Lipinski definition) is 0. The molecule has 0 aliphatic rings. The van der Waals surface area contributed by atoms with Crippen LogP contribution in [0.15, 0.2) is 211 Å². The van der Waals surface area contributed by atoms with E-state index in [-0.39, 0.29) is 0 Å². The number of benzene rings is 8. The predicted octanol–water partition coefficient (Wildman–Crippen LogP) is 14.3. The molecule has 0 N–H and O–H groups in total. The Kier molecular flexibility index (Phi) is 7.81. The molecular weight excluding hydrogens is 657 g/mol. The number of pyridine rings is 1. The molecule has 0 radical (unpaired) electrons. The second-order valence-corrected chi connectivity index (χ2v) is 13.5. The Balaban J connectivity index is 1.07. The fourth-order valence-corrected chi connectivity index (χ4v) is 7.74. The standard InChI is InChI=1S/C51H34N2O/c1-4-14-35(15-5-1)36-26-30-40(31-27-36)53(39-18-8-3-9-19-39)41-32-28-37(29-33-41)45-34-49-50(43-21-11-10-20-42(43)45)51-44(22-12-25-48(51)54-49)47-24-13-23-46(52-47)38-16-6-2-7-17-38/h1-34H. The first-order valence-electron chi connectivity index (χ1n) is 18.3. The molecule has 0 fully saturated rings. The number of hydrogen-bond acceptors (Lipinski definition) is 3. The lowest BCUT2D eigenvalue weighted by Gasteiger charge is -2.26. The molecule has 2 heterocycles. The van der Waals surface area contributed by atoms with Gasteiger partial charge in [-0.2, -0.15) is 0 Å². The number of rotatable bonds is 7. The van der Waals surface area contributed by atoms with Gasteiger partial charge in [0.15, 0.2) is 0 Å². The van der Waals surface area contributed by atoms with Crippen LogP contribution in [0.5, 0.6) is 0 Å². The van der Waals surface area contributed by atoms with Gasteiger partial charge in [-0.15, -0.1) is 0 Å². The van der Waals surface area contributed by atoms with E-state index in [9.17, 15) is 0 Å². The highest BCUT2D eigenvalue weighted by Crippen LogP contribution is 2.44. The third kappa shape index (κ3) is 5.60. The highest BCUT2D eigenvalue weighted by molar-refractivity contribution is 6.25. The Morgan fingerprint density at radius 1 is 0.333 bits per heavy atom. The van der Waals surface area contributed by atoms with Gasteiger partial charge in [0.1, 0.15) is 11.2 Å². The highest BCUT2D eigenvalue weighted by Gasteiger charge is 2.19. The first kappa shape index (κ1) is 31.5. The van der Waals surface area contributed by atoms with Crippen LogP contribution < -0.4 is 4.90 Å². The van der Waals surface area contributed by atoms with Gasteiger partial charge in [-0.1, -0.05) is 146 Å². The average molecular weight is 691 g/mol. The lowest BCUT2D eigenvalue weighted by Crippen LogP contribution is -2.09. The van der Waals surface area contributed by atoms with Crippen LogP contribution >= 0.6 is 0 Å². The number of aromatic nitrogens is 1. The number of fused-ring (bicyclic) bond motifs is 5.